The number of hydrogen-bond acceptors (Lipinski definition) is 6. The number of rotatable bonds is 3. The van der Waals surface area contributed by atoms with Crippen molar-refractivity contribution < 1.29 is 4.74 Å². The van der Waals surface area contributed by atoms with Gasteiger partial charge in [-0.15, -0.1) is 0 Å². The predicted molar refractivity (Wildman–Crippen MR) is 77.9 cm³/mol. The topological polar surface area (TPSA) is 61.0 Å². The van der Waals surface area contributed by atoms with Gasteiger partial charge in [-0.25, -0.2) is 4.98 Å². The Labute approximate surface area is 120 Å². The molecule has 6 heteroatoms. The van der Waals surface area contributed by atoms with Crippen LogP contribution in [0.2, 0.25) is 0 Å². The van der Waals surface area contributed by atoms with Crippen LogP contribution in [0, 0.1) is 6.92 Å². The minimum atomic E-state index is 0.0271. The number of benzene rings is 1. The zero-order valence-corrected chi connectivity index (χ0v) is 12.4. The molecule has 2 N–H and O–H groups in total. The molecular weight excluding hydrogens is 278 g/mol. The van der Waals surface area contributed by atoms with Crippen molar-refractivity contribution in [2.45, 2.75) is 29.0 Å². The van der Waals surface area contributed by atoms with Crippen LogP contribution >= 0.6 is 23.3 Å². The van der Waals surface area contributed by atoms with Crippen LogP contribution in [0.15, 0.2) is 22.5 Å². The molecule has 0 radical (unpaired) electrons. The van der Waals surface area contributed by atoms with E-state index in [9.17, 15) is 0 Å². The molecule has 1 aliphatic carbocycles. The standard InChI is InChI=1S/C13H15N3OS2/c1-7-15-13(19-16-7)18-11-5-8-3-4-9(17-2)6-10(8)12(11)14/h3-4,6,11-12H,5,14H2,1-2H3. The summed E-state index contributed by atoms with van der Waals surface area (Å²) in [6.45, 7) is 1.91. The van der Waals surface area contributed by atoms with E-state index in [2.05, 4.69) is 15.4 Å². The number of nitrogens with two attached hydrogens (primary N) is 1. The van der Waals surface area contributed by atoms with Crippen molar-refractivity contribution in [3.8, 4) is 5.75 Å². The number of aromatic nitrogens is 2. The van der Waals surface area contributed by atoms with Crippen molar-refractivity contribution in [3.05, 3.63) is 35.2 Å². The Bertz CT molecular complexity index is 599. The summed E-state index contributed by atoms with van der Waals surface area (Å²) in [6, 6.07) is 6.18. The summed E-state index contributed by atoms with van der Waals surface area (Å²) in [5, 5.41) is 0.328. The Morgan fingerprint density at radius 2 is 2.32 bits per heavy atom. The first kappa shape index (κ1) is 12.9. The Balaban J connectivity index is 1.80. The number of ether oxygens (including phenoxy) is 1. The summed E-state index contributed by atoms with van der Waals surface area (Å²) in [4.78, 5) is 4.40. The quantitative estimate of drug-likeness (QED) is 0.942. The Morgan fingerprint density at radius 3 is 3.00 bits per heavy atom. The maximum Gasteiger partial charge on any atom is 0.170 e. The molecule has 4 nitrogen and oxygen atoms in total. The van der Waals surface area contributed by atoms with E-state index in [0.717, 1.165) is 22.3 Å². The first-order chi connectivity index (χ1) is 9.17. The molecule has 0 saturated carbocycles. The second-order valence-corrected chi connectivity index (χ2v) is 6.80. The van der Waals surface area contributed by atoms with Gasteiger partial charge in [-0.2, -0.15) is 4.37 Å². The molecule has 2 unspecified atom stereocenters. The van der Waals surface area contributed by atoms with Crippen molar-refractivity contribution in [1.29, 1.82) is 0 Å². The first-order valence-electron chi connectivity index (χ1n) is 6.06. The molecule has 2 aromatic rings. The second-order valence-electron chi connectivity index (χ2n) is 4.56. The largest absolute Gasteiger partial charge is 0.497 e. The van der Waals surface area contributed by atoms with Gasteiger partial charge in [-0.3, -0.25) is 0 Å². The van der Waals surface area contributed by atoms with E-state index in [1.165, 1.54) is 22.7 Å². The predicted octanol–water partition coefficient (Wildman–Crippen LogP) is 2.57. The highest BCUT2D eigenvalue weighted by Crippen LogP contribution is 2.41. The van der Waals surface area contributed by atoms with Crippen molar-refractivity contribution in [2.24, 2.45) is 5.73 Å². The van der Waals surface area contributed by atoms with Crippen LogP contribution in [0.5, 0.6) is 5.75 Å². The van der Waals surface area contributed by atoms with Crippen LogP contribution in [0.1, 0.15) is 23.0 Å². The molecule has 0 bridgehead atoms. The zero-order valence-electron chi connectivity index (χ0n) is 10.8. The molecule has 19 heavy (non-hydrogen) atoms. The molecular formula is C13H15N3OS2. The van der Waals surface area contributed by atoms with Crippen molar-refractivity contribution in [2.75, 3.05) is 7.11 Å². The smallest absolute Gasteiger partial charge is 0.170 e. The Morgan fingerprint density at radius 1 is 1.47 bits per heavy atom. The molecule has 1 heterocycles. The van der Waals surface area contributed by atoms with Gasteiger partial charge in [-0.05, 0) is 48.1 Å². The first-order valence-corrected chi connectivity index (χ1v) is 7.72. The van der Waals surface area contributed by atoms with E-state index < -0.39 is 0 Å². The fourth-order valence-electron chi connectivity index (χ4n) is 2.31. The molecule has 0 saturated heterocycles. The van der Waals surface area contributed by atoms with Crippen LogP contribution in [0.3, 0.4) is 0 Å². The van der Waals surface area contributed by atoms with Gasteiger partial charge in [0.05, 0.1) is 7.11 Å². The van der Waals surface area contributed by atoms with Crippen LogP contribution < -0.4 is 10.5 Å². The maximum absolute atomic E-state index is 6.35. The van der Waals surface area contributed by atoms with E-state index >= 15 is 0 Å². The number of thioether (sulfide) groups is 1. The minimum Gasteiger partial charge on any atom is -0.497 e. The molecule has 0 spiro atoms. The average molecular weight is 293 g/mol. The number of fused-ring (bicyclic) bond motifs is 1. The molecule has 3 rings (SSSR count). The van der Waals surface area contributed by atoms with Gasteiger partial charge in [0.15, 0.2) is 4.34 Å². The minimum absolute atomic E-state index is 0.0271. The molecule has 1 aliphatic rings. The molecule has 1 aromatic carbocycles. The van der Waals surface area contributed by atoms with Gasteiger partial charge >= 0.3 is 0 Å². The summed E-state index contributed by atoms with van der Waals surface area (Å²) < 4.78 is 10.5. The fraction of sp³-hybridized carbons (Fsp3) is 0.385. The molecule has 2 atom stereocenters. The van der Waals surface area contributed by atoms with Crippen molar-refractivity contribution in [3.63, 3.8) is 0 Å². The lowest BCUT2D eigenvalue weighted by Gasteiger charge is -2.13. The lowest BCUT2D eigenvalue weighted by atomic mass is 10.1. The van der Waals surface area contributed by atoms with Crippen molar-refractivity contribution in [1.82, 2.24) is 9.36 Å². The van der Waals surface area contributed by atoms with Crippen LogP contribution in [0.25, 0.3) is 0 Å². The molecule has 0 aliphatic heterocycles. The third kappa shape index (κ3) is 2.48. The highest BCUT2D eigenvalue weighted by Gasteiger charge is 2.31. The summed E-state index contributed by atoms with van der Waals surface area (Å²) in [5.41, 5.74) is 8.85. The van der Waals surface area contributed by atoms with E-state index in [1.807, 2.05) is 19.1 Å². The summed E-state index contributed by atoms with van der Waals surface area (Å²) in [5.74, 6) is 1.70. The second kappa shape index (κ2) is 5.11. The molecule has 100 valence electrons. The number of nitrogens with zero attached hydrogens (tertiary/aromatic N) is 2. The molecule has 0 amide bonds. The van der Waals surface area contributed by atoms with Gasteiger partial charge in [-0.1, -0.05) is 17.8 Å². The normalized spacial score (nSPS) is 21.4. The zero-order chi connectivity index (χ0) is 13.4. The Hall–Kier alpha value is -1.11. The van der Waals surface area contributed by atoms with E-state index in [0.29, 0.717) is 5.25 Å². The third-order valence-corrected chi connectivity index (χ3v) is 5.47. The van der Waals surface area contributed by atoms with Gasteiger partial charge in [0.1, 0.15) is 11.6 Å². The highest BCUT2D eigenvalue weighted by molar-refractivity contribution is 8.01. The summed E-state index contributed by atoms with van der Waals surface area (Å²) in [6.07, 6.45) is 0.976. The van der Waals surface area contributed by atoms with Crippen LogP contribution in [-0.2, 0) is 6.42 Å². The summed E-state index contributed by atoms with van der Waals surface area (Å²) >= 11 is 3.18. The average Bonchev–Trinajstić information content (AvgIpc) is 2.95. The Kier molecular flexibility index (Phi) is 3.47. The van der Waals surface area contributed by atoms with Crippen molar-refractivity contribution >= 4 is 23.3 Å². The number of aryl methyl sites for hydroxylation is 1. The fourth-order valence-corrected chi connectivity index (χ4v) is 4.39. The van der Waals surface area contributed by atoms with E-state index in [1.54, 1.807) is 18.9 Å². The van der Waals surface area contributed by atoms with Gasteiger partial charge in [0, 0.05) is 11.3 Å². The van der Waals surface area contributed by atoms with Crippen LogP contribution in [0.4, 0.5) is 0 Å². The molecule has 0 fully saturated rings. The monoisotopic (exact) mass is 293 g/mol. The SMILES string of the molecule is COc1ccc2c(c1)C(N)C(Sc1nc(C)ns1)C2. The van der Waals surface area contributed by atoms with Gasteiger partial charge in [0.2, 0.25) is 0 Å². The lowest BCUT2D eigenvalue weighted by molar-refractivity contribution is 0.414. The summed E-state index contributed by atoms with van der Waals surface area (Å²) in [7, 11) is 1.68. The van der Waals surface area contributed by atoms with E-state index in [-0.39, 0.29) is 6.04 Å². The lowest BCUT2D eigenvalue weighted by Crippen LogP contribution is -2.18. The van der Waals surface area contributed by atoms with Crippen LogP contribution in [-0.4, -0.2) is 21.7 Å². The number of hydrogen-bond donors (Lipinski definition) is 1. The maximum atomic E-state index is 6.35. The van der Waals surface area contributed by atoms with Gasteiger partial charge < -0.3 is 10.5 Å². The van der Waals surface area contributed by atoms with Gasteiger partial charge in [0.25, 0.3) is 0 Å². The van der Waals surface area contributed by atoms with E-state index in [4.69, 9.17) is 10.5 Å². The number of methoxy groups -OCH3 is 1. The molecule has 1 aromatic heterocycles. The highest BCUT2D eigenvalue weighted by atomic mass is 32.2. The third-order valence-electron chi connectivity index (χ3n) is 3.29.